The van der Waals surface area contributed by atoms with Gasteiger partial charge in [0.15, 0.2) is 11.5 Å². The van der Waals surface area contributed by atoms with E-state index in [1.165, 1.54) is 0 Å². The SMILES string of the molecule is COCCOCCOCCOc1ccc(C=Cc2ccc(C(=O)O)cc2)cc1O. The van der Waals surface area contributed by atoms with Gasteiger partial charge in [-0.15, -0.1) is 0 Å². The Hall–Kier alpha value is -2.87. The van der Waals surface area contributed by atoms with Crippen molar-refractivity contribution in [3.63, 3.8) is 0 Å². The van der Waals surface area contributed by atoms with Crippen molar-refractivity contribution in [2.24, 2.45) is 0 Å². The van der Waals surface area contributed by atoms with Crippen LogP contribution in [0, 0.1) is 0 Å². The fourth-order valence-electron chi connectivity index (χ4n) is 2.36. The van der Waals surface area contributed by atoms with Crippen LogP contribution in [0.3, 0.4) is 0 Å². The van der Waals surface area contributed by atoms with Crippen LogP contribution in [0.1, 0.15) is 21.5 Å². The van der Waals surface area contributed by atoms with Crippen LogP contribution in [0.4, 0.5) is 0 Å². The fourth-order valence-corrected chi connectivity index (χ4v) is 2.36. The lowest BCUT2D eigenvalue weighted by molar-refractivity contribution is 0.0178. The van der Waals surface area contributed by atoms with Gasteiger partial charge in [-0.05, 0) is 35.4 Å². The van der Waals surface area contributed by atoms with Crippen molar-refractivity contribution < 1.29 is 34.0 Å². The van der Waals surface area contributed by atoms with E-state index < -0.39 is 5.97 Å². The van der Waals surface area contributed by atoms with Crippen molar-refractivity contribution in [1.29, 1.82) is 0 Å². The van der Waals surface area contributed by atoms with Crippen molar-refractivity contribution in [1.82, 2.24) is 0 Å². The third-order valence-electron chi connectivity index (χ3n) is 3.90. The predicted molar refractivity (Wildman–Crippen MR) is 109 cm³/mol. The second-order valence-electron chi connectivity index (χ2n) is 6.05. The Kier molecular flexibility index (Phi) is 9.71. The molecule has 0 saturated heterocycles. The zero-order chi connectivity index (χ0) is 20.9. The van der Waals surface area contributed by atoms with Gasteiger partial charge in [-0.3, -0.25) is 0 Å². The number of hydrogen-bond donors (Lipinski definition) is 2. The average Bonchev–Trinajstić information content (AvgIpc) is 2.72. The Bertz CT molecular complexity index is 784. The predicted octanol–water partition coefficient (Wildman–Crippen LogP) is 3.32. The molecule has 0 aromatic heterocycles. The van der Waals surface area contributed by atoms with Gasteiger partial charge in [0.05, 0.1) is 38.6 Å². The lowest BCUT2D eigenvalue weighted by atomic mass is 10.1. The van der Waals surface area contributed by atoms with Gasteiger partial charge in [0.25, 0.3) is 0 Å². The van der Waals surface area contributed by atoms with Gasteiger partial charge in [0.1, 0.15) is 6.61 Å². The maximum Gasteiger partial charge on any atom is 0.335 e. The molecule has 0 aliphatic carbocycles. The highest BCUT2D eigenvalue weighted by molar-refractivity contribution is 5.88. The first-order chi connectivity index (χ1) is 14.1. The minimum atomic E-state index is -0.957. The van der Waals surface area contributed by atoms with E-state index in [1.54, 1.807) is 43.5 Å². The zero-order valence-electron chi connectivity index (χ0n) is 16.4. The van der Waals surface area contributed by atoms with Crippen molar-refractivity contribution in [2.75, 3.05) is 46.8 Å². The molecule has 0 radical (unpaired) electrons. The smallest absolute Gasteiger partial charge is 0.335 e. The summed E-state index contributed by atoms with van der Waals surface area (Å²) in [6, 6.07) is 11.6. The minimum Gasteiger partial charge on any atom is -0.504 e. The summed E-state index contributed by atoms with van der Waals surface area (Å²) >= 11 is 0. The van der Waals surface area contributed by atoms with Crippen molar-refractivity contribution in [3.05, 3.63) is 59.2 Å². The summed E-state index contributed by atoms with van der Waals surface area (Å²) in [6.45, 7) is 2.77. The Morgan fingerprint density at radius 1 is 0.862 bits per heavy atom. The number of aromatic hydroxyl groups is 1. The van der Waals surface area contributed by atoms with E-state index in [-0.39, 0.29) is 11.3 Å². The minimum absolute atomic E-state index is 0.0382. The number of benzene rings is 2. The van der Waals surface area contributed by atoms with Gasteiger partial charge >= 0.3 is 5.97 Å². The summed E-state index contributed by atoms with van der Waals surface area (Å²) in [4.78, 5) is 10.9. The average molecular weight is 402 g/mol. The van der Waals surface area contributed by atoms with E-state index in [4.69, 9.17) is 24.1 Å². The molecule has 0 fully saturated rings. The first-order valence-electron chi connectivity index (χ1n) is 9.22. The molecule has 7 nitrogen and oxygen atoms in total. The molecular formula is C22H26O7. The van der Waals surface area contributed by atoms with E-state index in [0.717, 1.165) is 11.1 Å². The Morgan fingerprint density at radius 2 is 1.45 bits per heavy atom. The monoisotopic (exact) mass is 402 g/mol. The molecule has 7 heteroatoms. The molecule has 2 aromatic rings. The number of aromatic carboxylic acids is 1. The van der Waals surface area contributed by atoms with Crippen LogP contribution in [0.2, 0.25) is 0 Å². The molecule has 0 heterocycles. The Morgan fingerprint density at radius 3 is 2.07 bits per heavy atom. The number of phenols is 1. The van der Waals surface area contributed by atoms with Crippen LogP contribution < -0.4 is 4.74 Å². The largest absolute Gasteiger partial charge is 0.504 e. The number of carboxylic acids is 1. The van der Waals surface area contributed by atoms with E-state index in [9.17, 15) is 9.90 Å². The van der Waals surface area contributed by atoms with Crippen LogP contribution in [0.15, 0.2) is 42.5 Å². The third kappa shape index (κ3) is 8.35. The van der Waals surface area contributed by atoms with E-state index in [1.807, 2.05) is 18.2 Å². The van der Waals surface area contributed by atoms with Gasteiger partial charge in [0, 0.05) is 7.11 Å². The highest BCUT2D eigenvalue weighted by Gasteiger charge is 2.03. The van der Waals surface area contributed by atoms with Gasteiger partial charge in [-0.25, -0.2) is 4.79 Å². The number of carbonyl (C=O) groups is 1. The lowest BCUT2D eigenvalue weighted by Crippen LogP contribution is -2.12. The van der Waals surface area contributed by atoms with Crippen LogP contribution in [0.5, 0.6) is 11.5 Å². The summed E-state index contributed by atoms with van der Waals surface area (Å²) in [7, 11) is 1.62. The highest BCUT2D eigenvalue weighted by Crippen LogP contribution is 2.27. The quantitative estimate of drug-likeness (QED) is 0.392. The summed E-state index contributed by atoms with van der Waals surface area (Å²) in [5.74, 6) is -0.536. The van der Waals surface area contributed by atoms with E-state index in [2.05, 4.69) is 0 Å². The summed E-state index contributed by atoms with van der Waals surface area (Å²) in [6.07, 6.45) is 3.66. The molecule has 2 aromatic carbocycles. The molecule has 0 aliphatic heterocycles. The number of carboxylic acid groups (broad SMARTS) is 1. The van der Waals surface area contributed by atoms with E-state index >= 15 is 0 Å². The summed E-state index contributed by atoms with van der Waals surface area (Å²) < 4.78 is 21.1. The molecule has 0 bridgehead atoms. The number of hydrogen-bond acceptors (Lipinski definition) is 6. The number of ether oxygens (including phenoxy) is 4. The molecule has 2 N–H and O–H groups in total. The van der Waals surface area contributed by atoms with Crippen LogP contribution in [0.25, 0.3) is 12.2 Å². The van der Waals surface area contributed by atoms with Gasteiger partial charge in [-0.2, -0.15) is 0 Å². The van der Waals surface area contributed by atoms with Gasteiger partial charge in [0.2, 0.25) is 0 Å². The molecule has 2 rings (SSSR count). The Labute approximate surface area is 170 Å². The number of rotatable bonds is 13. The maximum atomic E-state index is 10.9. The van der Waals surface area contributed by atoms with Crippen LogP contribution >= 0.6 is 0 Å². The molecule has 29 heavy (non-hydrogen) atoms. The molecule has 156 valence electrons. The molecule has 0 unspecified atom stereocenters. The van der Waals surface area contributed by atoms with Gasteiger partial charge in [-0.1, -0.05) is 30.4 Å². The second-order valence-corrected chi connectivity index (χ2v) is 6.05. The topological polar surface area (TPSA) is 94.5 Å². The Balaban J connectivity index is 1.74. The van der Waals surface area contributed by atoms with Crippen molar-refractivity contribution in [2.45, 2.75) is 0 Å². The summed E-state index contributed by atoms with van der Waals surface area (Å²) in [5, 5.41) is 19.0. The highest BCUT2D eigenvalue weighted by atomic mass is 16.6. The zero-order valence-corrected chi connectivity index (χ0v) is 16.4. The molecule has 0 atom stereocenters. The second kappa shape index (κ2) is 12.6. The standard InChI is InChI=1S/C22H26O7/c1-26-10-11-27-12-13-28-14-15-29-21-9-6-18(16-20(21)23)3-2-17-4-7-19(8-5-17)22(24)25/h2-9,16,23H,10-15H2,1H3,(H,24,25). The third-order valence-corrected chi connectivity index (χ3v) is 3.90. The fraction of sp³-hybridized carbons (Fsp3) is 0.318. The van der Waals surface area contributed by atoms with Crippen LogP contribution in [-0.4, -0.2) is 62.9 Å². The van der Waals surface area contributed by atoms with E-state index in [0.29, 0.717) is 45.4 Å². The van der Waals surface area contributed by atoms with Crippen LogP contribution in [-0.2, 0) is 14.2 Å². The van der Waals surface area contributed by atoms with Gasteiger partial charge < -0.3 is 29.2 Å². The maximum absolute atomic E-state index is 10.9. The first-order valence-corrected chi connectivity index (χ1v) is 9.22. The number of methoxy groups -OCH3 is 1. The summed E-state index contributed by atoms with van der Waals surface area (Å²) in [5.41, 5.74) is 1.89. The van der Waals surface area contributed by atoms with Crippen molar-refractivity contribution in [3.8, 4) is 11.5 Å². The first kappa shape index (κ1) is 22.4. The number of phenolic OH excluding ortho intramolecular Hbond substituents is 1. The molecular weight excluding hydrogens is 376 g/mol. The molecule has 0 amide bonds. The normalized spacial score (nSPS) is 11.1. The lowest BCUT2D eigenvalue weighted by Gasteiger charge is -2.09. The molecule has 0 saturated carbocycles. The molecule has 0 aliphatic rings. The van der Waals surface area contributed by atoms with Crippen molar-refractivity contribution >= 4 is 18.1 Å². The molecule has 0 spiro atoms.